The highest BCUT2D eigenvalue weighted by Crippen LogP contribution is 2.34. The molecule has 0 radical (unpaired) electrons. The number of carbonyl (C=O) groups is 1. The molecule has 1 aromatic heterocycles. The smallest absolute Gasteiger partial charge is 0.348 e. The molecule has 0 aromatic carbocycles. The summed E-state index contributed by atoms with van der Waals surface area (Å²) < 4.78 is 1.40. The lowest BCUT2D eigenvalue weighted by molar-refractivity contribution is -0.148. The summed E-state index contributed by atoms with van der Waals surface area (Å²) >= 11 is 10.5. The van der Waals surface area contributed by atoms with Gasteiger partial charge < -0.3 is 9.94 Å². The first-order valence-corrected chi connectivity index (χ1v) is 5.97. The zero-order chi connectivity index (χ0) is 11.0. The molecule has 0 aliphatic carbocycles. The standard InChI is InChI=1S/C8H5BrClNO3S/c9-3-1-6(15-7(3)10)4-2-5(8(12)13)14-11-4/h1,5H,2H2,(H,12,13). The van der Waals surface area contributed by atoms with E-state index in [4.69, 9.17) is 21.5 Å². The van der Waals surface area contributed by atoms with Crippen LogP contribution < -0.4 is 0 Å². The average Bonchev–Trinajstić information content (AvgIpc) is 2.74. The summed E-state index contributed by atoms with van der Waals surface area (Å²) in [6.45, 7) is 0. The number of carboxylic acids is 1. The van der Waals surface area contributed by atoms with Crippen LogP contribution in [0.25, 0.3) is 0 Å². The lowest BCUT2D eigenvalue weighted by Crippen LogP contribution is -2.19. The Balaban J connectivity index is 2.17. The van der Waals surface area contributed by atoms with Crippen LogP contribution in [0.2, 0.25) is 4.34 Å². The van der Waals surface area contributed by atoms with Crippen LogP contribution in [-0.2, 0) is 9.63 Å². The van der Waals surface area contributed by atoms with E-state index in [1.54, 1.807) is 6.07 Å². The van der Waals surface area contributed by atoms with Crippen LogP contribution in [-0.4, -0.2) is 22.9 Å². The summed E-state index contributed by atoms with van der Waals surface area (Å²) in [6.07, 6.45) is -0.599. The van der Waals surface area contributed by atoms with E-state index in [1.165, 1.54) is 11.3 Å². The highest BCUT2D eigenvalue weighted by Gasteiger charge is 2.29. The monoisotopic (exact) mass is 309 g/mol. The molecule has 15 heavy (non-hydrogen) atoms. The van der Waals surface area contributed by atoms with Crippen LogP contribution in [0.3, 0.4) is 0 Å². The predicted octanol–water partition coefficient (Wildman–Crippen LogP) is 2.74. The van der Waals surface area contributed by atoms with Crippen molar-refractivity contribution >= 4 is 50.5 Å². The molecular weight excluding hydrogens is 306 g/mol. The number of rotatable bonds is 2. The molecule has 0 fully saturated rings. The number of hydrogen-bond acceptors (Lipinski definition) is 4. The van der Waals surface area contributed by atoms with Crippen molar-refractivity contribution in [3.63, 3.8) is 0 Å². The first kappa shape index (κ1) is 10.9. The lowest BCUT2D eigenvalue weighted by Gasteiger charge is -1.98. The third-order valence-corrected chi connectivity index (χ3v) is 4.40. The van der Waals surface area contributed by atoms with Gasteiger partial charge in [0.1, 0.15) is 10.0 Å². The minimum absolute atomic E-state index is 0.276. The van der Waals surface area contributed by atoms with Crippen molar-refractivity contribution in [2.24, 2.45) is 5.16 Å². The maximum absolute atomic E-state index is 10.6. The fourth-order valence-electron chi connectivity index (χ4n) is 1.14. The van der Waals surface area contributed by atoms with Gasteiger partial charge in [0, 0.05) is 10.9 Å². The fourth-order valence-corrected chi connectivity index (χ4v) is 2.84. The highest BCUT2D eigenvalue weighted by molar-refractivity contribution is 9.10. The molecule has 80 valence electrons. The van der Waals surface area contributed by atoms with Crippen LogP contribution in [0, 0.1) is 0 Å². The van der Waals surface area contributed by atoms with Gasteiger partial charge in [-0.3, -0.25) is 0 Å². The minimum atomic E-state index is -1.00. The first-order valence-electron chi connectivity index (χ1n) is 3.98. The molecule has 0 spiro atoms. The number of carboxylic acid groups (broad SMARTS) is 1. The lowest BCUT2D eigenvalue weighted by atomic mass is 10.1. The Labute approximate surface area is 103 Å². The van der Waals surface area contributed by atoms with Gasteiger partial charge in [0.15, 0.2) is 0 Å². The van der Waals surface area contributed by atoms with E-state index in [0.717, 1.165) is 9.35 Å². The number of nitrogens with zero attached hydrogens (tertiary/aromatic N) is 1. The topological polar surface area (TPSA) is 58.9 Å². The fraction of sp³-hybridized carbons (Fsp3) is 0.250. The Kier molecular flexibility index (Phi) is 2.99. The Morgan fingerprint density at radius 3 is 3.00 bits per heavy atom. The Bertz CT molecular complexity index is 426. The van der Waals surface area contributed by atoms with Gasteiger partial charge in [0.25, 0.3) is 0 Å². The van der Waals surface area contributed by atoms with Gasteiger partial charge in [0.05, 0.1) is 4.88 Å². The molecule has 1 aliphatic heterocycles. The second-order valence-corrected chi connectivity index (χ2v) is 5.42. The van der Waals surface area contributed by atoms with Gasteiger partial charge in [-0.15, -0.1) is 11.3 Å². The summed E-state index contributed by atoms with van der Waals surface area (Å²) in [7, 11) is 0. The largest absolute Gasteiger partial charge is 0.478 e. The zero-order valence-electron chi connectivity index (χ0n) is 7.24. The third-order valence-electron chi connectivity index (χ3n) is 1.87. The number of hydrogen-bond donors (Lipinski definition) is 1. The van der Waals surface area contributed by atoms with Crippen LogP contribution in [0.4, 0.5) is 0 Å². The molecule has 0 amide bonds. The van der Waals surface area contributed by atoms with Crippen molar-refractivity contribution in [2.45, 2.75) is 12.5 Å². The average molecular weight is 311 g/mol. The number of halogens is 2. The maximum atomic E-state index is 10.6. The van der Waals surface area contributed by atoms with E-state index in [9.17, 15) is 4.79 Å². The molecule has 7 heteroatoms. The molecule has 1 atom stereocenters. The van der Waals surface area contributed by atoms with Crippen LogP contribution in [0.15, 0.2) is 15.7 Å². The van der Waals surface area contributed by atoms with E-state index in [-0.39, 0.29) is 6.42 Å². The Morgan fingerprint density at radius 2 is 2.53 bits per heavy atom. The van der Waals surface area contributed by atoms with E-state index >= 15 is 0 Å². The summed E-state index contributed by atoms with van der Waals surface area (Å²) in [5, 5.41) is 12.4. The van der Waals surface area contributed by atoms with E-state index in [2.05, 4.69) is 21.1 Å². The van der Waals surface area contributed by atoms with Gasteiger partial charge in [0.2, 0.25) is 6.10 Å². The summed E-state index contributed by atoms with van der Waals surface area (Å²) in [5.74, 6) is -1.00. The number of oxime groups is 1. The normalized spacial score (nSPS) is 19.9. The molecule has 2 rings (SSSR count). The van der Waals surface area contributed by atoms with Crippen molar-refractivity contribution < 1.29 is 14.7 Å². The van der Waals surface area contributed by atoms with Crippen LogP contribution in [0.1, 0.15) is 11.3 Å². The quantitative estimate of drug-likeness (QED) is 0.913. The number of aliphatic carboxylic acids is 1. The second kappa shape index (κ2) is 4.11. The molecule has 1 N–H and O–H groups in total. The Morgan fingerprint density at radius 1 is 1.80 bits per heavy atom. The summed E-state index contributed by atoms with van der Waals surface area (Å²) in [4.78, 5) is 16.2. The van der Waals surface area contributed by atoms with E-state index < -0.39 is 12.1 Å². The molecule has 1 unspecified atom stereocenters. The van der Waals surface area contributed by atoms with E-state index in [1.807, 2.05) is 0 Å². The molecule has 0 saturated heterocycles. The van der Waals surface area contributed by atoms with Crippen molar-refractivity contribution in [3.8, 4) is 0 Å². The number of thiophene rings is 1. The highest BCUT2D eigenvalue weighted by atomic mass is 79.9. The molecule has 4 nitrogen and oxygen atoms in total. The molecule has 0 saturated carbocycles. The second-order valence-electron chi connectivity index (χ2n) is 2.91. The van der Waals surface area contributed by atoms with Gasteiger partial charge >= 0.3 is 5.97 Å². The Hall–Kier alpha value is -0.590. The van der Waals surface area contributed by atoms with Crippen molar-refractivity contribution in [1.29, 1.82) is 0 Å². The van der Waals surface area contributed by atoms with Gasteiger partial charge in [-0.05, 0) is 22.0 Å². The van der Waals surface area contributed by atoms with Gasteiger partial charge in [-0.2, -0.15) is 0 Å². The van der Waals surface area contributed by atoms with E-state index in [0.29, 0.717) is 10.0 Å². The predicted molar refractivity (Wildman–Crippen MR) is 60.7 cm³/mol. The maximum Gasteiger partial charge on any atom is 0.348 e. The van der Waals surface area contributed by atoms with Gasteiger partial charge in [-0.25, -0.2) is 4.79 Å². The molecule has 2 heterocycles. The summed E-state index contributed by atoms with van der Waals surface area (Å²) in [5.41, 5.74) is 0.625. The van der Waals surface area contributed by atoms with Crippen molar-refractivity contribution in [3.05, 3.63) is 19.8 Å². The van der Waals surface area contributed by atoms with Crippen molar-refractivity contribution in [2.75, 3.05) is 0 Å². The first-order chi connectivity index (χ1) is 7.08. The van der Waals surface area contributed by atoms with Crippen LogP contribution in [0.5, 0.6) is 0 Å². The molecule has 1 aliphatic rings. The molecule has 1 aromatic rings. The SMILES string of the molecule is O=C(O)C1CC(c2cc(Br)c(Cl)s2)=NO1. The van der Waals surface area contributed by atoms with Gasteiger partial charge in [-0.1, -0.05) is 16.8 Å². The summed E-state index contributed by atoms with van der Waals surface area (Å²) in [6, 6.07) is 1.80. The zero-order valence-corrected chi connectivity index (χ0v) is 10.4. The van der Waals surface area contributed by atoms with Crippen molar-refractivity contribution in [1.82, 2.24) is 0 Å². The minimum Gasteiger partial charge on any atom is -0.478 e. The molecule has 0 bridgehead atoms. The third kappa shape index (κ3) is 2.16. The molecular formula is C8H5BrClNO3S. The van der Waals surface area contributed by atoms with Crippen LogP contribution >= 0.6 is 38.9 Å².